The molecule has 1 fully saturated rings. The van der Waals surface area contributed by atoms with E-state index >= 15 is 0 Å². The van der Waals surface area contributed by atoms with E-state index in [9.17, 15) is 14.7 Å². The van der Waals surface area contributed by atoms with Gasteiger partial charge >= 0.3 is 11.9 Å². The van der Waals surface area contributed by atoms with Crippen LogP contribution in [0.5, 0.6) is 0 Å². The van der Waals surface area contributed by atoms with E-state index in [1.807, 2.05) is 0 Å². The summed E-state index contributed by atoms with van der Waals surface area (Å²) < 4.78 is 5.27. The van der Waals surface area contributed by atoms with Gasteiger partial charge in [-0.05, 0) is 46.1 Å². The van der Waals surface area contributed by atoms with Gasteiger partial charge in [-0.25, -0.2) is 0 Å². The third kappa shape index (κ3) is 3.93. The van der Waals surface area contributed by atoms with Crippen LogP contribution in [0.2, 0.25) is 0 Å². The maximum Gasteiger partial charge on any atom is 0.309 e. The predicted molar refractivity (Wildman–Crippen MR) is 71.5 cm³/mol. The van der Waals surface area contributed by atoms with Crippen molar-refractivity contribution < 1.29 is 19.4 Å². The fraction of sp³-hybridized carbons (Fsp3) is 0.857. The first-order chi connectivity index (χ1) is 8.71. The summed E-state index contributed by atoms with van der Waals surface area (Å²) in [6.45, 7) is 5.59. The molecule has 1 saturated carbocycles. The largest absolute Gasteiger partial charge is 0.481 e. The lowest BCUT2D eigenvalue weighted by atomic mass is 9.72. The number of hydrogen-bond donors (Lipinski definition) is 2. The van der Waals surface area contributed by atoms with Crippen LogP contribution in [0.15, 0.2) is 0 Å². The van der Waals surface area contributed by atoms with E-state index < -0.39 is 17.0 Å². The van der Waals surface area contributed by atoms with Crippen molar-refractivity contribution in [2.45, 2.75) is 58.5 Å². The lowest BCUT2D eigenvalue weighted by Crippen LogP contribution is -2.42. The van der Waals surface area contributed by atoms with Crippen LogP contribution in [-0.4, -0.2) is 29.2 Å². The number of nitrogens with two attached hydrogens (primary N) is 1. The lowest BCUT2D eigenvalue weighted by molar-refractivity contribution is -0.160. The molecule has 1 unspecified atom stereocenters. The first-order valence-electron chi connectivity index (χ1n) is 6.86. The van der Waals surface area contributed by atoms with Crippen molar-refractivity contribution in [3.63, 3.8) is 0 Å². The van der Waals surface area contributed by atoms with Crippen molar-refractivity contribution in [2.75, 3.05) is 6.54 Å². The highest BCUT2D eigenvalue weighted by molar-refractivity contribution is 5.77. The first kappa shape index (κ1) is 16.0. The summed E-state index contributed by atoms with van der Waals surface area (Å²) in [5, 5.41) is 9.50. The van der Waals surface area contributed by atoms with E-state index in [0.29, 0.717) is 12.8 Å². The Bertz CT molecular complexity index is 340. The molecule has 0 saturated heterocycles. The molecular weight excluding hydrogens is 246 g/mol. The van der Waals surface area contributed by atoms with E-state index in [1.54, 1.807) is 20.8 Å². The summed E-state index contributed by atoms with van der Waals surface area (Å²) in [6.07, 6.45) is 3.06. The second-order valence-corrected chi connectivity index (χ2v) is 6.39. The van der Waals surface area contributed by atoms with Crippen LogP contribution in [0, 0.1) is 11.3 Å². The number of carbonyl (C=O) groups excluding carboxylic acids is 1. The zero-order valence-corrected chi connectivity index (χ0v) is 12.1. The number of aliphatic carboxylic acids is 1. The van der Waals surface area contributed by atoms with Crippen molar-refractivity contribution in [2.24, 2.45) is 17.1 Å². The van der Waals surface area contributed by atoms with Gasteiger partial charge in [-0.2, -0.15) is 0 Å². The Kier molecular flexibility index (Phi) is 4.96. The third-order valence-electron chi connectivity index (χ3n) is 3.82. The fourth-order valence-corrected chi connectivity index (χ4v) is 2.89. The van der Waals surface area contributed by atoms with Gasteiger partial charge in [0.2, 0.25) is 0 Å². The van der Waals surface area contributed by atoms with Gasteiger partial charge in [0.15, 0.2) is 0 Å². The molecule has 5 heteroatoms. The van der Waals surface area contributed by atoms with Gasteiger partial charge in [0.1, 0.15) is 5.60 Å². The second-order valence-electron chi connectivity index (χ2n) is 6.39. The molecule has 110 valence electrons. The molecule has 1 rings (SSSR count). The van der Waals surface area contributed by atoms with Gasteiger partial charge in [0, 0.05) is 0 Å². The van der Waals surface area contributed by atoms with E-state index in [4.69, 9.17) is 10.5 Å². The molecule has 1 aliphatic carbocycles. The Morgan fingerprint density at radius 2 is 1.84 bits per heavy atom. The molecular formula is C14H25NO4. The summed E-state index contributed by atoms with van der Waals surface area (Å²) >= 11 is 0. The van der Waals surface area contributed by atoms with Crippen molar-refractivity contribution in [3.05, 3.63) is 0 Å². The Hall–Kier alpha value is -1.10. The van der Waals surface area contributed by atoms with Gasteiger partial charge in [0.25, 0.3) is 0 Å². The van der Waals surface area contributed by atoms with Crippen LogP contribution in [0.25, 0.3) is 0 Å². The third-order valence-corrected chi connectivity index (χ3v) is 3.82. The molecule has 3 N–H and O–H groups in total. The molecule has 0 aliphatic heterocycles. The highest BCUT2D eigenvalue weighted by atomic mass is 16.6. The van der Waals surface area contributed by atoms with Crippen molar-refractivity contribution in [3.8, 4) is 0 Å². The quantitative estimate of drug-likeness (QED) is 0.746. The SMILES string of the molecule is CC(C)(C)OC(=O)CC(CN)C1(C(=O)O)CCCC1. The maximum absolute atomic E-state index is 11.9. The molecule has 0 bridgehead atoms. The number of ether oxygens (including phenoxy) is 1. The molecule has 1 atom stereocenters. The molecule has 0 spiro atoms. The van der Waals surface area contributed by atoms with E-state index in [0.717, 1.165) is 12.8 Å². The first-order valence-corrected chi connectivity index (χ1v) is 6.86. The van der Waals surface area contributed by atoms with Gasteiger partial charge < -0.3 is 15.6 Å². The average Bonchev–Trinajstić information content (AvgIpc) is 2.73. The van der Waals surface area contributed by atoms with Gasteiger partial charge in [-0.3, -0.25) is 9.59 Å². The minimum Gasteiger partial charge on any atom is -0.481 e. The molecule has 0 heterocycles. The topological polar surface area (TPSA) is 89.6 Å². The summed E-state index contributed by atoms with van der Waals surface area (Å²) in [5.74, 6) is -1.54. The van der Waals surface area contributed by atoms with Crippen LogP contribution in [0.3, 0.4) is 0 Å². The molecule has 0 radical (unpaired) electrons. The lowest BCUT2D eigenvalue weighted by Gasteiger charge is -2.33. The summed E-state index contributed by atoms with van der Waals surface area (Å²) in [4.78, 5) is 23.5. The van der Waals surface area contributed by atoms with Crippen molar-refractivity contribution in [1.29, 1.82) is 0 Å². The van der Waals surface area contributed by atoms with Crippen LogP contribution in [0.1, 0.15) is 52.9 Å². The smallest absolute Gasteiger partial charge is 0.309 e. The number of carboxylic acids is 1. The number of carbonyl (C=O) groups is 2. The molecule has 0 amide bonds. The normalized spacial score (nSPS) is 20.0. The van der Waals surface area contributed by atoms with Gasteiger partial charge in [-0.1, -0.05) is 12.8 Å². The van der Waals surface area contributed by atoms with Crippen LogP contribution < -0.4 is 5.73 Å². The van der Waals surface area contributed by atoms with Gasteiger partial charge in [0.05, 0.1) is 11.8 Å². The highest BCUT2D eigenvalue weighted by Crippen LogP contribution is 2.45. The van der Waals surface area contributed by atoms with Crippen molar-refractivity contribution >= 4 is 11.9 Å². The standard InChI is InChI=1S/C14H25NO4/c1-13(2,3)19-11(16)8-10(9-15)14(12(17)18)6-4-5-7-14/h10H,4-9,15H2,1-3H3,(H,17,18). The minimum atomic E-state index is -0.842. The van der Waals surface area contributed by atoms with Crippen LogP contribution in [-0.2, 0) is 14.3 Å². The summed E-state index contributed by atoms with van der Waals surface area (Å²) in [6, 6.07) is 0. The highest BCUT2D eigenvalue weighted by Gasteiger charge is 2.48. The summed E-state index contributed by atoms with van der Waals surface area (Å²) in [5.41, 5.74) is 4.32. The maximum atomic E-state index is 11.9. The second kappa shape index (κ2) is 5.90. The molecule has 1 aliphatic rings. The zero-order chi connectivity index (χ0) is 14.7. The Morgan fingerprint density at radius 3 is 2.21 bits per heavy atom. The number of hydrogen-bond acceptors (Lipinski definition) is 4. The fourth-order valence-electron chi connectivity index (χ4n) is 2.89. The molecule has 0 aromatic heterocycles. The number of esters is 1. The molecule has 19 heavy (non-hydrogen) atoms. The zero-order valence-electron chi connectivity index (χ0n) is 12.1. The number of carboxylic acid groups (broad SMARTS) is 1. The predicted octanol–water partition coefficient (Wildman–Crippen LogP) is 1.94. The molecule has 0 aromatic carbocycles. The molecule has 0 aromatic rings. The van der Waals surface area contributed by atoms with Crippen molar-refractivity contribution in [1.82, 2.24) is 0 Å². The Labute approximate surface area is 114 Å². The Balaban J connectivity index is 2.77. The van der Waals surface area contributed by atoms with E-state index in [1.165, 1.54) is 0 Å². The Morgan fingerprint density at radius 1 is 1.32 bits per heavy atom. The number of rotatable bonds is 5. The van der Waals surface area contributed by atoms with Gasteiger partial charge in [-0.15, -0.1) is 0 Å². The molecule has 5 nitrogen and oxygen atoms in total. The average molecular weight is 271 g/mol. The minimum absolute atomic E-state index is 0.0834. The van der Waals surface area contributed by atoms with Crippen LogP contribution >= 0.6 is 0 Å². The van der Waals surface area contributed by atoms with Crippen LogP contribution in [0.4, 0.5) is 0 Å². The monoisotopic (exact) mass is 271 g/mol. The van der Waals surface area contributed by atoms with E-state index in [2.05, 4.69) is 0 Å². The summed E-state index contributed by atoms with van der Waals surface area (Å²) in [7, 11) is 0. The van der Waals surface area contributed by atoms with E-state index in [-0.39, 0.29) is 24.9 Å².